The Bertz CT molecular complexity index is 627. The van der Waals surface area contributed by atoms with E-state index in [2.05, 4.69) is 0 Å². The maximum atomic E-state index is 9.10. The molecule has 0 saturated heterocycles. The van der Waals surface area contributed by atoms with Gasteiger partial charge in [0.25, 0.3) is 0 Å². The summed E-state index contributed by atoms with van der Waals surface area (Å²) in [6, 6.07) is 0. The zero-order chi connectivity index (χ0) is 30.9. The fraction of sp³-hybridized carbons (Fsp3) is 0. The molecule has 0 bridgehead atoms. The molecule has 0 fully saturated rings. The molecule has 26 heteroatoms. The Morgan fingerprint density at radius 2 is 0.316 bits per heavy atom. The largest absolute Gasteiger partial charge is 5.00 e. The summed E-state index contributed by atoms with van der Waals surface area (Å²) in [5, 5.41) is 104. The van der Waals surface area contributed by atoms with Gasteiger partial charge in [-0.1, -0.05) is 0 Å². The van der Waals surface area contributed by atoms with Crippen molar-refractivity contribution in [2.45, 2.75) is 0 Å². The van der Waals surface area contributed by atoms with Crippen molar-refractivity contribution in [2.24, 2.45) is 0 Å². The number of rotatable bonds is 0. The van der Waals surface area contributed by atoms with Gasteiger partial charge in [-0.3, -0.25) is 0 Å². The molecule has 0 amide bonds. The predicted octanol–water partition coefficient (Wildman–Crippen LogP) is -18.4. The van der Waals surface area contributed by atoms with Crippen LogP contribution in [0.3, 0.4) is 0 Å². The van der Waals surface area contributed by atoms with E-state index in [-0.39, 0.29) is 44.8 Å². The van der Waals surface area contributed by atoms with Crippen molar-refractivity contribution >= 4 is 71.6 Å². The molecule has 0 aromatic heterocycles. The molecular formula is C12H2Nb2O24. The van der Waals surface area contributed by atoms with Crippen LogP contribution in [0.25, 0.3) is 0 Å². The summed E-state index contributed by atoms with van der Waals surface area (Å²) < 4.78 is 0. The molecule has 0 unspecified atom stereocenters. The molecule has 204 valence electrons. The molecule has 38 heavy (non-hydrogen) atoms. The minimum Gasteiger partial charge on any atom is -0.543 e. The third-order valence-corrected chi connectivity index (χ3v) is 1.02. The van der Waals surface area contributed by atoms with Gasteiger partial charge in [0.05, 0.1) is 59.7 Å². The van der Waals surface area contributed by atoms with Gasteiger partial charge < -0.3 is 109 Å². The van der Waals surface area contributed by atoms with E-state index in [1.165, 1.54) is 0 Å². The van der Waals surface area contributed by atoms with Crippen LogP contribution >= 0.6 is 0 Å². The molecule has 0 aromatic rings. The Morgan fingerprint density at radius 3 is 0.316 bits per heavy atom. The molecular weight excluding hydrogens is 714 g/mol. The summed E-state index contributed by atoms with van der Waals surface area (Å²) >= 11 is 0. The van der Waals surface area contributed by atoms with Gasteiger partial charge >= 0.3 is 56.7 Å². The van der Waals surface area contributed by atoms with Crippen molar-refractivity contribution in [3.05, 3.63) is 0 Å². The number of aliphatic carboxylic acids is 12. The number of hydrogen-bond acceptors (Lipinski definition) is 22. The van der Waals surface area contributed by atoms with Crippen molar-refractivity contribution < 1.29 is 164 Å². The Morgan fingerprint density at radius 1 is 0.263 bits per heavy atom. The molecule has 0 aliphatic heterocycles. The summed E-state index contributed by atoms with van der Waals surface area (Å²) in [5.74, 6) is -25.5. The van der Waals surface area contributed by atoms with E-state index in [9.17, 15) is 0 Å². The van der Waals surface area contributed by atoms with Crippen molar-refractivity contribution in [1.29, 1.82) is 0 Å². The third kappa shape index (κ3) is 77.2. The van der Waals surface area contributed by atoms with Crippen LogP contribution in [0.4, 0.5) is 0 Å². The van der Waals surface area contributed by atoms with E-state index in [0.717, 1.165) is 0 Å². The summed E-state index contributed by atoms with van der Waals surface area (Å²) in [7, 11) is 0. The third-order valence-electron chi connectivity index (χ3n) is 1.02. The van der Waals surface area contributed by atoms with Gasteiger partial charge in [0.1, 0.15) is 0 Å². The van der Waals surface area contributed by atoms with Gasteiger partial charge in [0, 0.05) is 0 Å². The van der Waals surface area contributed by atoms with Crippen LogP contribution in [0.15, 0.2) is 0 Å². The minimum atomic E-state index is -2.19. The van der Waals surface area contributed by atoms with Gasteiger partial charge in [-0.05, 0) is 0 Å². The fourth-order valence-electron chi connectivity index (χ4n) is 0. The van der Waals surface area contributed by atoms with E-state index in [4.69, 9.17) is 119 Å². The first-order chi connectivity index (χ1) is 15.9. The molecule has 0 spiro atoms. The first kappa shape index (κ1) is 54.2. The first-order valence-electron chi connectivity index (χ1n) is 6.44. The van der Waals surface area contributed by atoms with Crippen molar-refractivity contribution in [3.63, 3.8) is 0 Å². The van der Waals surface area contributed by atoms with Crippen molar-refractivity contribution in [1.82, 2.24) is 0 Å². The molecule has 0 atom stereocenters. The second-order valence-electron chi connectivity index (χ2n) is 3.48. The van der Waals surface area contributed by atoms with Crippen molar-refractivity contribution in [2.75, 3.05) is 0 Å². The molecule has 0 saturated carbocycles. The molecule has 0 aliphatic rings. The number of carboxylic acid groups (broad SMARTS) is 12. The average Bonchev–Trinajstić information content (AvgIpc) is 2.69. The molecule has 0 aliphatic carbocycles. The SMILES string of the molecule is O=C(O)C(=O)O.O=C([O-])C(=O)[O-].O=C([O-])C(=O)[O-].O=C([O-])C(=O)[O-].O=C([O-])C(=O)[O-].O=C([O-])C(=O)[O-].[Nb+5].[Nb+5]. The maximum Gasteiger partial charge on any atom is 5.00 e. The van der Waals surface area contributed by atoms with E-state index in [1.54, 1.807) is 0 Å². The van der Waals surface area contributed by atoms with Gasteiger partial charge in [-0.25, -0.2) is 9.59 Å². The molecule has 2 N–H and O–H groups in total. The quantitative estimate of drug-likeness (QED) is 0.173. The van der Waals surface area contributed by atoms with E-state index < -0.39 is 71.6 Å². The van der Waals surface area contributed by atoms with E-state index in [1.807, 2.05) is 0 Å². The van der Waals surface area contributed by atoms with Gasteiger partial charge in [0.15, 0.2) is 0 Å². The Hall–Kier alpha value is -4.88. The molecule has 0 radical (unpaired) electrons. The maximum absolute atomic E-state index is 9.10. The van der Waals surface area contributed by atoms with Crippen LogP contribution in [0.5, 0.6) is 0 Å². The predicted molar refractivity (Wildman–Crippen MR) is 65.3 cm³/mol. The Kier molecular flexibility index (Phi) is 45.8. The molecule has 24 nitrogen and oxygen atoms in total. The smallest absolute Gasteiger partial charge is 0.543 e. The van der Waals surface area contributed by atoms with Crippen LogP contribution < -0.4 is 51.1 Å². The topological polar surface area (TPSA) is 476 Å². The van der Waals surface area contributed by atoms with E-state index >= 15 is 0 Å². The number of carboxylic acids is 12. The second kappa shape index (κ2) is 32.1. The summed E-state index contributed by atoms with van der Waals surface area (Å²) in [6.07, 6.45) is 0. The van der Waals surface area contributed by atoms with Crippen LogP contribution in [0, 0.1) is 0 Å². The van der Waals surface area contributed by atoms with Crippen LogP contribution in [0.1, 0.15) is 0 Å². The summed E-state index contributed by atoms with van der Waals surface area (Å²) in [5.41, 5.74) is 0. The second-order valence-corrected chi connectivity index (χ2v) is 3.48. The molecule has 0 aromatic carbocycles. The van der Waals surface area contributed by atoms with Crippen LogP contribution in [-0.2, 0) is 102 Å². The normalized spacial score (nSPS) is 6.95. The Labute approximate surface area is 235 Å². The monoisotopic (exact) mass is 716 g/mol. The fourth-order valence-corrected chi connectivity index (χ4v) is 0. The number of hydrogen-bond donors (Lipinski definition) is 2. The van der Waals surface area contributed by atoms with Crippen LogP contribution in [0.2, 0.25) is 0 Å². The number of carbonyl (C=O) groups is 12. The first-order valence-corrected chi connectivity index (χ1v) is 6.44. The van der Waals surface area contributed by atoms with Crippen molar-refractivity contribution in [3.8, 4) is 0 Å². The van der Waals surface area contributed by atoms with Gasteiger partial charge in [-0.2, -0.15) is 0 Å². The van der Waals surface area contributed by atoms with Gasteiger partial charge in [0.2, 0.25) is 0 Å². The summed E-state index contributed by atoms with van der Waals surface area (Å²) in [4.78, 5) is 107. The molecule has 0 rings (SSSR count). The Balaban J connectivity index is -0.0000000469. The standard InChI is InChI=1S/6C2H2O4.2Nb/c6*3-1(4)2(5)6;;/h6*(H,3,4)(H,5,6);;/q;;;;;;2*+5/p-10. The molecule has 0 heterocycles. The zero-order valence-corrected chi connectivity index (χ0v) is 21.2. The average molecular weight is 716 g/mol. The number of carbonyl (C=O) groups excluding carboxylic acids is 10. The van der Waals surface area contributed by atoms with E-state index in [0.29, 0.717) is 0 Å². The zero-order valence-electron chi connectivity index (χ0n) is 16.8. The minimum absolute atomic E-state index is 0. The summed E-state index contributed by atoms with van der Waals surface area (Å²) in [6.45, 7) is 0. The van der Waals surface area contributed by atoms with Crippen LogP contribution in [-0.4, -0.2) is 81.8 Å². The van der Waals surface area contributed by atoms with Gasteiger partial charge in [-0.15, -0.1) is 0 Å².